The molecule has 7 heteroatoms. The minimum Gasteiger partial charge on any atom is -0.326 e. The van der Waals surface area contributed by atoms with Gasteiger partial charge in [-0.1, -0.05) is 29.8 Å². The summed E-state index contributed by atoms with van der Waals surface area (Å²) in [6.45, 7) is 2.37. The number of rotatable bonds is 5. The van der Waals surface area contributed by atoms with E-state index in [1.165, 1.54) is 15.6 Å². The molecule has 0 fully saturated rings. The van der Waals surface area contributed by atoms with Crippen molar-refractivity contribution < 1.29 is 8.42 Å². The van der Waals surface area contributed by atoms with E-state index in [4.69, 9.17) is 17.3 Å². The summed E-state index contributed by atoms with van der Waals surface area (Å²) in [5, 5.41) is 0.559. The predicted molar refractivity (Wildman–Crippen MR) is 87.1 cm³/mol. The molecule has 1 aromatic carbocycles. The SMILES string of the molecule is Cc1sc(CN)cc1S(=O)(=O)N(C)Cc1ccccc1Cl. The molecule has 0 saturated heterocycles. The van der Waals surface area contributed by atoms with Gasteiger partial charge in [-0.05, 0) is 24.6 Å². The first-order valence-corrected chi connectivity index (χ1v) is 8.99. The van der Waals surface area contributed by atoms with Crippen LogP contribution in [-0.2, 0) is 23.1 Å². The summed E-state index contributed by atoms with van der Waals surface area (Å²) in [7, 11) is -1.99. The highest BCUT2D eigenvalue weighted by atomic mass is 35.5. The Hall–Kier alpha value is -0.920. The van der Waals surface area contributed by atoms with Crippen molar-refractivity contribution in [3.8, 4) is 0 Å². The quantitative estimate of drug-likeness (QED) is 0.906. The lowest BCUT2D eigenvalue weighted by atomic mass is 10.2. The van der Waals surface area contributed by atoms with Crippen molar-refractivity contribution >= 4 is 33.0 Å². The molecule has 4 nitrogen and oxygen atoms in total. The molecular formula is C14H17ClN2O2S2. The number of hydrogen-bond donors (Lipinski definition) is 1. The van der Waals surface area contributed by atoms with Crippen LogP contribution >= 0.6 is 22.9 Å². The lowest BCUT2D eigenvalue weighted by Crippen LogP contribution is -2.26. The number of thiophene rings is 1. The van der Waals surface area contributed by atoms with Gasteiger partial charge in [0, 0.05) is 34.9 Å². The Balaban J connectivity index is 2.30. The zero-order chi connectivity index (χ0) is 15.6. The fourth-order valence-corrected chi connectivity index (χ4v) is 4.82. The molecule has 0 unspecified atom stereocenters. The van der Waals surface area contributed by atoms with E-state index in [9.17, 15) is 8.42 Å². The van der Waals surface area contributed by atoms with E-state index >= 15 is 0 Å². The monoisotopic (exact) mass is 344 g/mol. The first kappa shape index (κ1) is 16.5. The van der Waals surface area contributed by atoms with Crippen molar-refractivity contribution in [1.29, 1.82) is 0 Å². The Morgan fingerprint density at radius 3 is 2.57 bits per heavy atom. The van der Waals surface area contributed by atoms with Crippen LogP contribution in [0.3, 0.4) is 0 Å². The van der Waals surface area contributed by atoms with E-state index in [1.54, 1.807) is 26.1 Å². The fraction of sp³-hybridized carbons (Fsp3) is 0.286. The second kappa shape index (κ2) is 6.46. The van der Waals surface area contributed by atoms with Crippen molar-refractivity contribution in [3.05, 3.63) is 50.7 Å². The van der Waals surface area contributed by atoms with Crippen molar-refractivity contribution in [2.24, 2.45) is 5.73 Å². The van der Waals surface area contributed by atoms with Crippen LogP contribution in [-0.4, -0.2) is 19.8 Å². The topological polar surface area (TPSA) is 63.4 Å². The van der Waals surface area contributed by atoms with Crippen LogP contribution in [0.1, 0.15) is 15.3 Å². The van der Waals surface area contributed by atoms with Gasteiger partial charge >= 0.3 is 0 Å². The maximum Gasteiger partial charge on any atom is 0.244 e. The van der Waals surface area contributed by atoms with Crippen molar-refractivity contribution in [3.63, 3.8) is 0 Å². The molecule has 0 aliphatic carbocycles. The molecule has 1 heterocycles. The molecule has 0 aliphatic heterocycles. The Kier molecular flexibility index (Phi) is 5.06. The molecule has 0 radical (unpaired) electrons. The molecule has 0 aliphatic rings. The molecule has 0 amide bonds. The zero-order valence-corrected chi connectivity index (χ0v) is 14.2. The number of sulfonamides is 1. The first-order valence-electron chi connectivity index (χ1n) is 6.35. The highest BCUT2D eigenvalue weighted by Crippen LogP contribution is 2.28. The van der Waals surface area contributed by atoms with Crippen LogP contribution in [0.4, 0.5) is 0 Å². The van der Waals surface area contributed by atoms with Crippen LogP contribution in [0.2, 0.25) is 5.02 Å². The molecule has 2 aromatic rings. The highest BCUT2D eigenvalue weighted by molar-refractivity contribution is 7.89. The minimum absolute atomic E-state index is 0.231. The predicted octanol–water partition coefficient (Wildman–Crippen LogP) is 2.99. The summed E-state index contributed by atoms with van der Waals surface area (Å²) in [4.78, 5) is 1.93. The number of halogens is 1. The molecule has 0 bridgehead atoms. The molecule has 0 spiro atoms. The number of nitrogens with zero attached hydrogens (tertiary/aromatic N) is 1. The lowest BCUT2D eigenvalue weighted by molar-refractivity contribution is 0.466. The molecule has 0 saturated carbocycles. The second-order valence-corrected chi connectivity index (χ2v) is 8.45. The zero-order valence-electron chi connectivity index (χ0n) is 11.8. The lowest BCUT2D eigenvalue weighted by Gasteiger charge is -2.17. The third-order valence-electron chi connectivity index (χ3n) is 3.16. The van der Waals surface area contributed by atoms with Gasteiger partial charge in [0.2, 0.25) is 10.0 Å². The molecule has 1 aromatic heterocycles. The van der Waals surface area contributed by atoms with Crippen molar-refractivity contribution in [2.45, 2.75) is 24.9 Å². The average Bonchev–Trinajstić information content (AvgIpc) is 2.83. The Morgan fingerprint density at radius 1 is 1.33 bits per heavy atom. The Labute approximate surface area is 134 Å². The number of benzene rings is 1. The van der Waals surface area contributed by atoms with Crippen LogP contribution in [0, 0.1) is 6.92 Å². The van der Waals surface area contributed by atoms with Gasteiger partial charge < -0.3 is 5.73 Å². The third kappa shape index (κ3) is 3.46. The third-order valence-corrected chi connectivity index (χ3v) is 6.66. The Morgan fingerprint density at radius 2 is 2.00 bits per heavy atom. The molecule has 2 rings (SSSR count). The summed E-state index contributed by atoms with van der Waals surface area (Å²) >= 11 is 7.50. The van der Waals surface area contributed by atoms with Gasteiger partial charge in [-0.2, -0.15) is 4.31 Å². The van der Waals surface area contributed by atoms with Gasteiger partial charge in [0.25, 0.3) is 0 Å². The van der Waals surface area contributed by atoms with Crippen LogP contribution in [0.5, 0.6) is 0 Å². The van der Waals surface area contributed by atoms with Crippen LogP contribution in [0.15, 0.2) is 35.2 Å². The summed E-state index contributed by atoms with van der Waals surface area (Å²) in [5.41, 5.74) is 6.35. The normalized spacial score (nSPS) is 12.0. The van der Waals surface area contributed by atoms with Gasteiger partial charge in [-0.25, -0.2) is 8.42 Å². The van der Waals surface area contributed by atoms with Crippen LogP contribution in [0.25, 0.3) is 0 Å². The minimum atomic E-state index is -3.54. The Bertz CT molecular complexity index is 741. The number of hydrogen-bond acceptors (Lipinski definition) is 4. The van der Waals surface area contributed by atoms with Gasteiger partial charge in [0.1, 0.15) is 0 Å². The first-order chi connectivity index (χ1) is 9.86. The van der Waals surface area contributed by atoms with E-state index in [0.29, 0.717) is 16.5 Å². The van der Waals surface area contributed by atoms with E-state index in [0.717, 1.165) is 15.3 Å². The number of aryl methyl sites for hydroxylation is 1. The summed E-state index contributed by atoms with van der Waals surface area (Å²) < 4.78 is 26.6. The highest BCUT2D eigenvalue weighted by Gasteiger charge is 2.25. The summed E-state index contributed by atoms with van der Waals surface area (Å²) in [6.07, 6.45) is 0. The van der Waals surface area contributed by atoms with E-state index in [2.05, 4.69) is 0 Å². The largest absolute Gasteiger partial charge is 0.326 e. The second-order valence-electron chi connectivity index (χ2n) is 4.69. The molecule has 0 atom stereocenters. The molecule has 114 valence electrons. The molecule has 2 N–H and O–H groups in total. The van der Waals surface area contributed by atoms with E-state index in [-0.39, 0.29) is 6.54 Å². The van der Waals surface area contributed by atoms with Crippen molar-refractivity contribution in [2.75, 3.05) is 7.05 Å². The van der Waals surface area contributed by atoms with E-state index in [1.807, 2.05) is 18.2 Å². The molecule has 21 heavy (non-hydrogen) atoms. The fourth-order valence-electron chi connectivity index (χ4n) is 2.00. The maximum atomic E-state index is 12.6. The van der Waals surface area contributed by atoms with Crippen LogP contribution < -0.4 is 5.73 Å². The molecular weight excluding hydrogens is 328 g/mol. The van der Waals surface area contributed by atoms with Gasteiger partial charge in [0.15, 0.2) is 0 Å². The maximum absolute atomic E-state index is 12.6. The van der Waals surface area contributed by atoms with Gasteiger partial charge in [-0.3, -0.25) is 0 Å². The van der Waals surface area contributed by atoms with E-state index < -0.39 is 10.0 Å². The van der Waals surface area contributed by atoms with Gasteiger partial charge in [0.05, 0.1) is 4.90 Å². The number of nitrogens with two attached hydrogens (primary N) is 1. The van der Waals surface area contributed by atoms with Crippen molar-refractivity contribution in [1.82, 2.24) is 4.31 Å². The average molecular weight is 345 g/mol. The summed E-state index contributed by atoms with van der Waals surface area (Å²) in [5.74, 6) is 0. The standard InChI is InChI=1S/C14H17ClN2O2S2/c1-10-14(7-12(8-16)20-10)21(18,19)17(2)9-11-5-3-4-6-13(11)15/h3-7H,8-9,16H2,1-2H3. The summed E-state index contributed by atoms with van der Waals surface area (Å²) in [6, 6.07) is 8.87. The van der Waals surface area contributed by atoms with Gasteiger partial charge in [-0.15, -0.1) is 11.3 Å². The smallest absolute Gasteiger partial charge is 0.244 e.